The molecule has 2 heterocycles. The first-order valence-corrected chi connectivity index (χ1v) is 7.69. The Morgan fingerprint density at radius 1 is 1.32 bits per heavy atom. The molecule has 2 aliphatic rings. The molecule has 3 heteroatoms. The number of rotatable bonds is 7. The van der Waals surface area contributed by atoms with Crippen LogP contribution in [0.5, 0.6) is 0 Å². The second-order valence-electron chi connectivity index (χ2n) is 5.91. The highest BCUT2D eigenvalue weighted by molar-refractivity contribution is 5.15. The summed E-state index contributed by atoms with van der Waals surface area (Å²) in [7, 11) is 1.78. The summed E-state index contributed by atoms with van der Waals surface area (Å²) in [4.78, 5) is 0. The Bertz CT molecular complexity index is 296. The number of hydrogen-bond acceptors (Lipinski definition) is 3. The highest BCUT2D eigenvalue weighted by Gasteiger charge is 2.61. The lowest BCUT2D eigenvalue weighted by atomic mass is 9.85. The lowest BCUT2D eigenvalue weighted by molar-refractivity contribution is -0.131. The van der Waals surface area contributed by atoms with Crippen LogP contribution in [0.4, 0.5) is 0 Å². The van der Waals surface area contributed by atoms with Gasteiger partial charge in [0.05, 0.1) is 19.3 Å². The maximum Gasteiger partial charge on any atom is 0.147 e. The molecule has 0 aliphatic carbocycles. The molecule has 2 aliphatic heterocycles. The van der Waals surface area contributed by atoms with Crippen LogP contribution in [0, 0.1) is 5.92 Å². The van der Waals surface area contributed by atoms with E-state index in [9.17, 15) is 0 Å². The van der Waals surface area contributed by atoms with Gasteiger partial charge in [-0.25, -0.2) is 0 Å². The molecule has 0 N–H and O–H groups in total. The van der Waals surface area contributed by atoms with Gasteiger partial charge in [0.2, 0.25) is 0 Å². The summed E-state index contributed by atoms with van der Waals surface area (Å²) >= 11 is 0. The summed E-state index contributed by atoms with van der Waals surface area (Å²) in [6.07, 6.45) is 11.0. The van der Waals surface area contributed by atoms with E-state index in [1.165, 1.54) is 25.7 Å². The molecule has 0 saturated carbocycles. The van der Waals surface area contributed by atoms with Crippen LogP contribution in [0.25, 0.3) is 0 Å². The lowest BCUT2D eigenvalue weighted by Crippen LogP contribution is -2.52. The van der Waals surface area contributed by atoms with Crippen molar-refractivity contribution < 1.29 is 14.2 Å². The van der Waals surface area contributed by atoms with Crippen LogP contribution in [0.2, 0.25) is 0 Å². The molecule has 2 saturated heterocycles. The van der Waals surface area contributed by atoms with E-state index in [4.69, 9.17) is 14.2 Å². The predicted molar refractivity (Wildman–Crippen MR) is 76.3 cm³/mol. The largest absolute Gasteiger partial charge is 0.378 e. The summed E-state index contributed by atoms with van der Waals surface area (Å²) in [5, 5.41) is 0. The van der Waals surface area contributed by atoms with Gasteiger partial charge in [-0.1, -0.05) is 45.3 Å². The molecule has 1 spiro atoms. The second-order valence-corrected chi connectivity index (χ2v) is 5.91. The van der Waals surface area contributed by atoms with Crippen LogP contribution in [-0.4, -0.2) is 38.1 Å². The number of epoxide rings is 1. The van der Waals surface area contributed by atoms with E-state index in [2.05, 4.69) is 26.0 Å². The van der Waals surface area contributed by atoms with E-state index in [0.717, 1.165) is 19.6 Å². The smallest absolute Gasteiger partial charge is 0.147 e. The molecule has 0 unspecified atom stereocenters. The fraction of sp³-hybridized carbons (Fsp3) is 0.875. The molecule has 0 aromatic rings. The van der Waals surface area contributed by atoms with Crippen molar-refractivity contribution in [3.63, 3.8) is 0 Å². The van der Waals surface area contributed by atoms with Gasteiger partial charge in [0, 0.05) is 13.0 Å². The third kappa shape index (κ3) is 3.39. The third-order valence-electron chi connectivity index (χ3n) is 4.29. The predicted octanol–water partition coefficient (Wildman–Crippen LogP) is 3.33. The molecule has 110 valence electrons. The topological polar surface area (TPSA) is 31.0 Å². The van der Waals surface area contributed by atoms with Crippen molar-refractivity contribution in [1.29, 1.82) is 0 Å². The zero-order chi connectivity index (χ0) is 13.7. The minimum atomic E-state index is -0.202. The molecule has 0 amide bonds. The standard InChI is InChI=1S/C16H28O3/c1-4-5-6-7-8-9-10-14-16(12-19-16)15(17-3)13(2)11-18-14/h9-10,13-15H,4-8,11-12H2,1-3H3/t13-,14-,15-,16+/m0/s1. The van der Waals surface area contributed by atoms with Gasteiger partial charge in [-0.2, -0.15) is 0 Å². The summed E-state index contributed by atoms with van der Waals surface area (Å²) < 4.78 is 17.3. The summed E-state index contributed by atoms with van der Waals surface area (Å²) in [5.41, 5.74) is -0.202. The van der Waals surface area contributed by atoms with Crippen LogP contribution in [0.1, 0.15) is 46.0 Å². The van der Waals surface area contributed by atoms with Crippen LogP contribution in [0.3, 0.4) is 0 Å². The molecule has 0 bridgehead atoms. The Kier molecular flexibility index (Phi) is 5.43. The number of unbranched alkanes of at least 4 members (excludes halogenated alkanes) is 4. The van der Waals surface area contributed by atoms with E-state index in [0.29, 0.717) is 5.92 Å². The Morgan fingerprint density at radius 2 is 2.11 bits per heavy atom. The first kappa shape index (κ1) is 15.0. The maximum absolute atomic E-state index is 5.94. The summed E-state index contributed by atoms with van der Waals surface area (Å²) in [5.74, 6) is 0.404. The minimum absolute atomic E-state index is 0.0693. The minimum Gasteiger partial charge on any atom is -0.378 e. The van der Waals surface area contributed by atoms with Crippen molar-refractivity contribution in [3.05, 3.63) is 12.2 Å². The fourth-order valence-corrected chi connectivity index (χ4v) is 3.10. The zero-order valence-corrected chi connectivity index (χ0v) is 12.6. The molecule has 2 fully saturated rings. The van der Waals surface area contributed by atoms with Gasteiger partial charge in [0.25, 0.3) is 0 Å². The van der Waals surface area contributed by atoms with Gasteiger partial charge < -0.3 is 14.2 Å². The average molecular weight is 268 g/mol. The van der Waals surface area contributed by atoms with Gasteiger partial charge in [-0.15, -0.1) is 0 Å². The van der Waals surface area contributed by atoms with Crippen LogP contribution in [-0.2, 0) is 14.2 Å². The molecule has 3 nitrogen and oxygen atoms in total. The second kappa shape index (κ2) is 6.87. The van der Waals surface area contributed by atoms with Gasteiger partial charge in [-0.3, -0.25) is 0 Å². The third-order valence-corrected chi connectivity index (χ3v) is 4.29. The SMILES string of the molecule is CCCCCCC=C[C@@H]1OC[C@H](C)[C@H](OC)[C@@]12CO2. The summed E-state index contributed by atoms with van der Waals surface area (Å²) in [6, 6.07) is 0. The summed E-state index contributed by atoms with van der Waals surface area (Å²) in [6.45, 7) is 5.93. The molecule has 0 radical (unpaired) electrons. The lowest BCUT2D eigenvalue weighted by Gasteiger charge is -2.38. The Labute approximate surface area is 117 Å². The Balaban J connectivity index is 1.82. The molecule has 0 aromatic heterocycles. The molecule has 19 heavy (non-hydrogen) atoms. The highest BCUT2D eigenvalue weighted by Crippen LogP contribution is 2.44. The van der Waals surface area contributed by atoms with Crippen LogP contribution >= 0.6 is 0 Å². The first-order chi connectivity index (χ1) is 9.24. The number of ether oxygens (including phenoxy) is 3. The van der Waals surface area contributed by atoms with Gasteiger partial charge >= 0.3 is 0 Å². The van der Waals surface area contributed by atoms with E-state index < -0.39 is 0 Å². The van der Waals surface area contributed by atoms with Gasteiger partial charge in [0.15, 0.2) is 0 Å². The Morgan fingerprint density at radius 3 is 2.74 bits per heavy atom. The van der Waals surface area contributed by atoms with Crippen molar-refractivity contribution in [2.24, 2.45) is 5.92 Å². The monoisotopic (exact) mass is 268 g/mol. The fourth-order valence-electron chi connectivity index (χ4n) is 3.10. The first-order valence-electron chi connectivity index (χ1n) is 7.69. The maximum atomic E-state index is 5.94. The Hall–Kier alpha value is -0.380. The number of methoxy groups -OCH3 is 1. The molecule has 2 rings (SSSR count). The van der Waals surface area contributed by atoms with Crippen molar-refractivity contribution in [2.45, 2.75) is 63.8 Å². The molecule has 0 aromatic carbocycles. The van der Waals surface area contributed by atoms with Gasteiger partial charge in [-0.05, 0) is 12.8 Å². The molecule has 4 atom stereocenters. The normalized spacial score (nSPS) is 38.2. The van der Waals surface area contributed by atoms with Crippen molar-refractivity contribution >= 4 is 0 Å². The average Bonchev–Trinajstić information content (AvgIpc) is 3.18. The van der Waals surface area contributed by atoms with E-state index in [1.807, 2.05) is 0 Å². The van der Waals surface area contributed by atoms with E-state index >= 15 is 0 Å². The highest BCUT2D eigenvalue weighted by atomic mass is 16.7. The molecular formula is C16H28O3. The molecular weight excluding hydrogens is 240 g/mol. The quantitative estimate of drug-likeness (QED) is 0.403. The zero-order valence-electron chi connectivity index (χ0n) is 12.6. The van der Waals surface area contributed by atoms with E-state index in [-0.39, 0.29) is 17.8 Å². The van der Waals surface area contributed by atoms with Crippen molar-refractivity contribution in [2.75, 3.05) is 20.3 Å². The van der Waals surface area contributed by atoms with E-state index in [1.54, 1.807) is 7.11 Å². The number of hydrogen-bond donors (Lipinski definition) is 0. The van der Waals surface area contributed by atoms with Crippen LogP contribution in [0.15, 0.2) is 12.2 Å². The van der Waals surface area contributed by atoms with Crippen molar-refractivity contribution in [3.8, 4) is 0 Å². The van der Waals surface area contributed by atoms with Crippen LogP contribution < -0.4 is 0 Å². The van der Waals surface area contributed by atoms with Crippen molar-refractivity contribution in [1.82, 2.24) is 0 Å². The number of allylic oxidation sites excluding steroid dienone is 1. The van der Waals surface area contributed by atoms with Gasteiger partial charge in [0.1, 0.15) is 11.7 Å².